The first-order valence-corrected chi connectivity index (χ1v) is 6.12. The summed E-state index contributed by atoms with van der Waals surface area (Å²) >= 11 is 11.9. The summed E-state index contributed by atoms with van der Waals surface area (Å²) in [5, 5.41) is 0.745. The summed E-state index contributed by atoms with van der Waals surface area (Å²) in [6, 6.07) is 6.37. The van der Waals surface area contributed by atoms with E-state index in [-0.39, 0.29) is 0 Å². The number of hydrogen-bond acceptors (Lipinski definition) is 1. The van der Waals surface area contributed by atoms with Gasteiger partial charge in [0, 0.05) is 29.2 Å². The quantitative estimate of drug-likeness (QED) is 0.715. The largest absolute Gasteiger partial charge is 0.369 e. The van der Waals surface area contributed by atoms with Crippen LogP contribution >= 0.6 is 23.2 Å². The molecule has 0 bridgehead atoms. The minimum Gasteiger partial charge on any atom is -0.369 e. The molecule has 1 rings (SSSR count). The standard InChI is InChI=1S/C12H17Cl2N/c1-4-15(9(2)3)12-6-5-11(14)7-10(12)8-13/h5-7,9H,4,8H2,1-3H3. The number of anilines is 1. The Balaban J connectivity index is 3.11. The first-order chi connectivity index (χ1) is 7.10. The number of hydrogen-bond donors (Lipinski definition) is 0. The van der Waals surface area contributed by atoms with E-state index in [1.807, 2.05) is 18.2 Å². The van der Waals surface area contributed by atoms with Crippen molar-refractivity contribution >= 4 is 28.9 Å². The van der Waals surface area contributed by atoms with E-state index in [2.05, 4.69) is 25.7 Å². The Morgan fingerprint density at radius 2 is 2.00 bits per heavy atom. The number of benzene rings is 1. The van der Waals surface area contributed by atoms with Gasteiger partial charge in [-0.3, -0.25) is 0 Å². The molecular weight excluding hydrogens is 229 g/mol. The fourth-order valence-corrected chi connectivity index (χ4v) is 2.16. The van der Waals surface area contributed by atoms with Gasteiger partial charge < -0.3 is 4.90 Å². The number of nitrogens with zero attached hydrogens (tertiary/aromatic N) is 1. The smallest absolute Gasteiger partial charge is 0.0495 e. The lowest BCUT2D eigenvalue weighted by Gasteiger charge is -2.29. The Bertz CT molecular complexity index is 323. The molecule has 3 heteroatoms. The van der Waals surface area contributed by atoms with Crippen molar-refractivity contribution in [1.29, 1.82) is 0 Å². The monoisotopic (exact) mass is 245 g/mol. The van der Waals surface area contributed by atoms with Gasteiger partial charge in [-0.15, -0.1) is 11.6 Å². The third-order valence-electron chi connectivity index (χ3n) is 2.46. The van der Waals surface area contributed by atoms with E-state index >= 15 is 0 Å². The highest BCUT2D eigenvalue weighted by atomic mass is 35.5. The Kier molecular flexibility index (Phi) is 4.75. The fraction of sp³-hybridized carbons (Fsp3) is 0.500. The molecule has 0 N–H and O–H groups in total. The van der Waals surface area contributed by atoms with Gasteiger partial charge in [-0.1, -0.05) is 11.6 Å². The summed E-state index contributed by atoms with van der Waals surface area (Å²) in [4.78, 5) is 2.31. The number of halogens is 2. The van der Waals surface area contributed by atoms with Crippen molar-refractivity contribution in [3.05, 3.63) is 28.8 Å². The number of alkyl halides is 1. The zero-order valence-corrected chi connectivity index (χ0v) is 10.9. The molecule has 0 saturated heterocycles. The Labute approximate surface area is 102 Å². The first-order valence-electron chi connectivity index (χ1n) is 5.21. The van der Waals surface area contributed by atoms with Crippen LogP contribution in [0, 0.1) is 0 Å². The molecule has 0 radical (unpaired) electrons. The van der Waals surface area contributed by atoms with Crippen LogP contribution in [0.2, 0.25) is 5.02 Å². The molecule has 0 atom stereocenters. The van der Waals surface area contributed by atoms with Crippen LogP contribution in [0.4, 0.5) is 5.69 Å². The lowest BCUT2D eigenvalue weighted by atomic mass is 10.1. The van der Waals surface area contributed by atoms with E-state index in [9.17, 15) is 0 Å². The highest BCUT2D eigenvalue weighted by Gasteiger charge is 2.12. The van der Waals surface area contributed by atoms with Gasteiger partial charge >= 0.3 is 0 Å². The van der Waals surface area contributed by atoms with Crippen LogP contribution in [0.15, 0.2) is 18.2 Å². The lowest BCUT2D eigenvalue weighted by Crippen LogP contribution is -2.31. The SMILES string of the molecule is CCN(c1ccc(Cl)cc1CCl)C(C)C. The lowest BCUT2D eigenvalue weighted by molar-refractivity contribution is 0.701. The van der Waals surface area contributed by atoms with E-state index < -0.39 is 0 Å². The van der Waals surface area contributed by atoms with Crippen molar-refractivity contribution in [2.75, 3.05) is 11.4 Å². The van der Waals surface area contributed by atoms with Gasteiger partial charge in [-0.25, -0.2) is 0 Å². The molecule has 0 aromatic heterocycles. The third kappa shape index (κ3) is 3.02. The molecule has 0 aliphatic rings. The zero-order chi connectivity index (χ0) is 11.4. The van der Waals surface area contributed by atoms with Crippen LogP contribution in [0.1, 0.15) is 26.3 Å². The summed E-state index contributed by atoms with van der Waals surface area (Å²) in [6.45, 7) is 7.47. The van der Waals surface area contributed by atoms with Crippen molar-refractivity contribution in [2.45, 2.75) is 32.7 Å². The predicted molar refractivity (Wildman–Crippen MR) is 69.2 cm³/mol. The van der Waals surface area contributed by atoms with E-state index in [4.69, 9.17) is 23.2 Å². The maximum Gasteiger partial charge on any atom is 0.0495 e. The van der Waals surface area contributed by atoms with Crippen LogP contribution in [-0.2, 0) is 5.88 Å². The van der Waals surface area contributed by atoms with Gasteiger partial charge in [-0.05, 0) is 44.5 Å². The van der Waals surface area contributed by atoms with Crippen molar-refractivity contribution in [1.82, 2.24) is 0 Å². The first kappa shape index (κ1) is 12.7. The van der Waals surface area contributed by atoms with Crippen molar-refractivity contribution < 1.29 is 0 Å². The van der Waals surface area contributed by atoms with Crippen molar-refractivity contribution in [3.63, 3.8) is 0 Å². The molecule has 0 amide bonds. The van der Waals surface area contributed by atoms with Gasteiger partial charge in [0.15, 0.2) is 0 Å². The minimum absolute atomic E-state index is 0.471. The molecule has 0 unspecified atom stereocenters. The molecule has 1 nitrogen and oxygen atoms in total. The van der Waals surface area contributed by atoms with Gasteiger partial charge in [0.25, 0.3) is 0 Å². The van der Waals surface area contributed by atoms with Crippen LogP contribution in [0.5, 0.6) is 0 Å². The van der Waals surface area contributed by atoms with E-state index in [1.165, 1.54) is 5.69 Å². The Morgan fingerprint density at radius 1 is 1.33 bits per heavy atom. The van der Waals surface area contributed by atoms with Crippen molar-refractivity contribution in [3.8, 4) is 0 Å². The minimum atomic E-state index is 0.471. The third-order valence-corrected chi connectivity index (χ3v) is 2.98. The molecule has 1 aromatic carbocycles. The van der Waals surface area contributed by atoms with Gasteiger partial charge in [0.1, 0.15) is 0 Å². The second kappa shape index (κ2) is 5.62. The van der Waals surface area contributed by atoms with Crippen molar-refractivity contribution in [2.24, 2.45) is 0 Å². The van der Waals surface area contributed by atoms with Crippen LogP contribution in [0.25, 0.3) is 0 Å². The Morgan fingerprint density at radius 3 is 2.47 bits per heavy atom. The zero-order valence-electron chi connectivity index (χ0n) is 9.43. The average molecular weight is 246 g/mol. The van der Waals surface area contributed by atoms with E-state index in [0.29, 0.717) is 11.9 Å². The average Bonchev–Trinajstić information content (AvgIpc) is 2.20. The van der Waals surface area contributed by atoms with Crippen LogP contribution < -0.4 is 4.90 Å². The normalized spacial score (nSPS) is 10.8. The van der Waals surface area contributed by atoms with E-state index in [1.54, 1.807) is 0 Å². The molecule has 0 spiro atoms. The van der Waals surface area contributed by atoms with Gasteiger partial charge in [0.2, 0.25) is 0 Å². The van der Waals surface area contributed by atoms with Gasteiger partial charge in [0.05, 0.1) is 0 Å². The Hall–Kier alpha value is -0.400. The summed E-state index contributed by atoms with van der Waals surface area (Å²) in [5.74, 6) is 0.499. The predicted octanol–water partition coefficient (Wildman–Crippen LogP) is 4.31. The number of rotatable bonds is 4. The molecule has 0 heterocycles. The molecule has 1 aromatic rings. The van der Waals surface area contributed by atoms with Crippen LogP contribution in [0.3, 0.4) is 0 Å². The van der Waals surface area contributed by atoms with E-state index in [0.717, 1.165) is 17.1 Å². The van der Waals surface area contributed by atoms with Gasteiger partial charge in [-0.2, -0.15) is 0 Å². The molecular formula is C12H17Cl2N. The topological polar surface area (TPSA) is 3.24 Å². The summed E-state index contributed by atoms with van der Waals surface area (Å²) < 4.78 is 0. The van der Waals surface area contributed by atoms with Crippen LogP contribution in [-0.4, -0.2) is 12.6 Å². The molecule has 0 aliphatic heterocycles. The summed E-state index contributed by atoms with van der Waals surface area (Å²) in [6.07, 6.45) is 0. The maximum absolute atomic E-state index is 5.95. The summed E-state index contributed by atoms with van der Waals surface area (Å²) in [5.41, 5.74) is 2.28. The molecule has 0 fully saturated rings. The molecule has 0 saturated carbocycles. The summed E-state index contributed by atoms with van der Waals surface area (Å²) in [7, 11) is 0. The molecule has 15 heavy (non-hydrogen) atoms. The molecule has 0 aliphatic carbocycles. The highest BCUT2D eigenvalue weighted by Crippen LogP contribution is 2.27. The second-order valence-corrected chi connectivity index (χ2v) is 4.49. The second-order valence-electron chi connectivity index (χ2n) is 3.79. The fourth-order valence-electron chi connectivity index (χ4n) is 1.75. The molecule has 84 valence electrons. The maximum atomic E-state index is 5.95. The highest BCUT2D eigenvalue weighted by molar-refractivity contribution is 6.30.